The number of aromatic nitrogens is 1. The number of anilines is 1. The van der Waals surface area contributed by atoms with Gasteiger partial charge in [0.2, 0.25) is 0 Å². The van der Waals surface area contributed by atoms with Crippen LogP contribution in [0, 0.1) is 16.7 Å². The topological polar surface area (TPSA) is 94.2 Å². The zero-order valence-corrected chi connectivity index (χ0v) is 13.2. The highest BCUT2D eigenvalue weighted by Gasteiger charge is 2.61. The normalized spacial score (nSPS) is 32.0. The maximum absolute atomic E-state index is 12.2. The first-order valence-corrected chi connectivity index (χ1v) is 7.73. The van der Waals surface area contributed by atoms with Gasteiger partial charge >= 0.3 is 12.0 Å². The Morgan fingerprint density at radius 3 is 2.59 bits per heavy atom. The molecule has 22 heavy (non-hydrogen) atoms. The van der Waals surface area contributed by atoms with Crippen LogP contribution in [0.4, 0.5) is 10.5 Å². The minimum atomic E-state index is -1.05. The maximum Gasteiger partial charge on any atom is 0.352 e. The molecule has 3 atom stereocenters. The van der Waals surface area contributed by atoms with E-state index in [1.165, 1.54) is 18.7 Å². The van der Waals surface area contributed by atoms with Crippen LogP contribution < -0.4 is 10.6 Å². The summed E-state index contributed by atoms with van der Waals surface area (Å²) in [6.07, 6.45) is 4.88. The fourth-order valence-electron chi connectivity index (χ4n) is 4.34. The number of carbonyl (C=O) groups excluding carboxylic acids is 1. The number of aromatic carboxylic acids is 1. The fraction of sp³-hybridized carbons (Fsp3) is 0.625. The third kappa shape index (κ3) is 2.09. The number of carbonyl (C=O) groups is 2. The van der Waals surface area contributed by atoms with Crippen molar-refractivity contribution in [3.05, 3.63) is 18.0 Å². The molecule has 0 aliphatic heterocycles. The van der Waals surface area contributed by atoms with E-state index >= 15 is 0 Å². The van der Waals surface area contributed by atoms with Crippen LogP contribution in [-0.4, -0.2) is 28.1 Å². The van der Waals surface area contributed by atoms with Crippen LogP contribution >= 0.6 is 0 Å². The summed E-state index contributed by atoms with van der Waals surface area (Å²) in [5, 5.41) is 14.7. The van der Waals surface area contributed by atoms with Gasteiger partial charge in [0, 0.05) is 12.2 Å². The molecule has 2 saturated carbocycles. The van der Waals surface area contributed by atoms with Gasteiger partial charge in [-0.05, 0) is 42.1 Å². The molecule has 2 aliphatic carbocycles. The summed E-state index contributed by atoms with van der Waals surface area (Å²) in [7, 11) is 0. The van der Waals surface area contributed by atoms with E-state index in [0.717, 1.165) is 12.8 Å². The van der Waals surface area contributed by atoms with Crippen LogP contribution in [0.5, 0.6) is 0 Å². The molecule has 2 bridgehead atoms. The van der Waals surface area contributed by atoms with Gasteiger partial charge in [-0.2, -0.15) is 0 Å². The minimum absolute atomic E-state index is 0.0586. The Kier molecular flexibility index (Phi) is 3.23. The lowest BCUT2D eigenvalue weighted by Gasteiger charge is -2.39. The standard InChI is InChI=1S/C16H23N3O3/c1-15(2)9-4-5-16(15,3)12(6-9)19-14(22)18-10-7-11(13(20)21)17-8-10/h7-9,12,17H,4-6H2,1-3H3,(H,20,21)(H2,18,19,22)/t9-,12+,16+/m1/s1. The number of rotatable bonds is 3. The molecule has 0 saturated heterocycles. The average Bonchev–Trinajstić information content (AvgIpc) is 3.01. The Morgan fingerprint density at radius 1 is 1.36 bits per heavy atom. The summed E-state index contributed by atoms with van der Waals surface area (Å²) in [6.45, 7) is 6.87. The molecule has 0 spiro atoms. The van der Waals surface area contributed by atoms with Crippen molar-refractivity contribution in [3.63, 3.8) is 0 Å². The van der Waals surface area contributed by atoms with Crippen molar-refractivity contribution in [2.75, 3.05) is 5.32 Å². The number of H-pyrrole nitrogens is 1. The van der Waals surface area contributed by atoms with Crippen LogP contribution in [0.15, 0.2) is 12.3 Å². The van der Waals surface area contributed by atoms with Crippen molar-refractivity contribution in [1.29, 1.82) is 0 Å². The molecule has 2 amide bonds. The van der Waals surface area contributed by atoms with Gasteiger partial charge in [-0.1, -0.05) is 20.8 Å². The lowest BCUT2D eigenvalue weighted by atomic mass is 9.69. The number of hydrogen-bond acceptors (Lipinski definition) is 2. The minimum Gasteiger partial charge on any atom is -0.477 e. The SMILES string of the molecule is CC1(C)[C@@H]2CC[C@@]1(C)[C@@H](NC(=O)Nc1c[nH]c(C(=O)O)c1)C2. The summed E-state index contributed by atoms with van der Waals surface area (Å²) in [6, 6.07) is 1.30. The lowest BCUT2D eigenvalue weighted by molar-refractivity contribution is 0.0691. The van der Waals surface area contributed by atoms with E-state index in [1.807, 2.05) is 0 Å². The monoisotopic (exact) mass is 305 g/mol. The first-order valence-electron chi connectivity index (χ1n) is 7.73. The Bertz CT molecular complexity index is 622. The zero-order valence-electron chi connectivity index (χ0n) is 13.2. The van der Waals surface area contributed by atoms with Crippen molar-refractivity contribution < 1.29 is 14.7 Å². The van der Waals surface area contributed by atoms with Crippen molar-refractivity contribution in [2.45, 2.75) is 46.1 Å². The van der Waals surface area contributed by atoms with Gasteiger partial charge in [0.25, 0.3) is 0 Å². The molecule has 1 aromatic rings. The van der Waals surface area contributed by atoms with Crippen LogP contribution in [-0.2, 0) is 0 Å². The molecule has 3 rings (SSSR count). The quantitative estimate of drug-likeness (QED) is 0.691. The maximum atomic E-state index is 12.2. The zero-order chi connectivity index (χ0) is 16.1. The Labute approximate surface area is 129 Å². The molecule has 6 heteroatoms. The summed E-state index contributed by atoms with van der Waals surface area (Å²) >= 11 is 0. The molecule has 0 aromatic carbocycles. The van der Waals surface area contributed by atoms with E-state index in [0.29, 0.717) is 11.6 Å². The van der Waals surface area contributed by atoms with E-state index in [4.69, 9.17) is 5.11 Å². The Morgan fingerprint density at radius 2 is 2.09 bits per heavy atom. The van der Waals surface area contributed by atoms with Gasteiger partial charge in [-0.15, -0.1) is 0 Å². The number of fused-ring (bicyclic) bond motifs is 2. The van der Waals surface area contributed by atoms with Gasteiger partial charge < -0.3 is 20.7 Å². The average molecular weight is 305 g/mol. The van der Waals surface area contributed by atoms with Crippen LogP contribution in [0.3, 0.4) is 0 Å². The van der Waals surface area contributed by atoms with Gasteiger partial charge in [0.1, 0.15) is 5.69 Å². The number of nitrogens with one attached hydrogen (secondary N) is 3. The molecule has 2 fully saturated rings. The lowest BCUT2D eigenvalue weighted by Crippen LogP contribution is -2.48. The molecule has 0 unspecified atom stereocenters. The summed E-state index contributed by atoms with van der Waals surface area (Å²) in [5.74, 6) is -0.385. The predicted molar refractivity (Wildman–Crippen MR) is 82.9 cm³/mol. The van der Waals surface area contributed by atoms with Crippen LogP contribution in [0.1, 0.15) is 50.5 Å². The summed E-state index contributed by atoms with van der Waals surface area (Å²) in [4.78, 5) is 25.6. The van der Waals surface area contributed by atoms with E-state index in [-0.39, 0.29) is 28.6 Å². The highest BCUT2D eigenvalue weighted by atomic mass is 16.4. The van der Waals surface area contributed by atoms with E-state index < -0.39 is 5.97 Å². The number of aromatic amines is 1. The first-order chi connectivity index (χ1) is 10.2. The molecular weight excluding hydrogens is 282 g/mol. The second-order valence-corrected chi connectivity index (χ2v) is 7.37. The second-order valence-electron chi connectivity index (χ2n) is 7.37. The number of urea groups is 1. The number of carboxylic acids is 1. The van der Waals surface area contributed by atoms with E-state index in [2.05, 4.69) is 36.4 Å². The smallest absolute Gasteiger partial charge is 0.352 e. The molecule has 2 aliphatic rings. The molecule has 4 N–H and O–H groups in total. The number of carboxylic acid groups (broad SMARTS) is 1. The Balaban J connectivity index is 1.64. The van der Waals surface area contributed by atoms with Gasteiger partial charge in [0.15, 0.2) is 0 Å². The van der Waals surface area contributed by atoms with Crippen LogP contribution in [0.2, 0.25) is 0 Å². The van der Waals surface area contributed by atoms with Crippen LogP contribution in [0.25, 0.3) is 0 Å². The van der Waals surface area contributed by atoms with Crippen molar-refractivity contribution in [2.24, 2.45) is 16.7 Å². The molecule has 1 heterocycles. The molecule has 120 valence electrons. The highest BCUT2D eigenvalue weighted by Crippen LogP contribution is 2.65. The number of hydrogen-bond donors (Lipinski definition) is 4. The first kappa shape index (κ1) is 14.9. The fourth-order valence-corrected chi connectivity index (χ4v) is 4.34. The molecule has 0 radical (unpaired) electrons. The molecule has 1 aromatic heterocycles. The molecular formula is C16H23N3O3. The third-order valence-electron chi connectivity index (χ3n) is 6.27. The van der Waals surface area contributed by atoms with E-state index in [1.54, 1.807) is 0 Å². The van der Waals surface area contributed by atoms with Crippen molar-refractivity contribution in [3.8, 4) is 0 Å². The van der Waals surface area contributed by atoms with Crippen molar-refractivity contribution in [1.82, 2.24) is 10.3 Å². The second kappa shape index (κ2) is 4.76. The summed E-state index contributed by atoms with van der Waals surface area (Å²) < 4.78 is 0. The largest absolute Gasteiger partial charge is 0.477 e. The number of amides is 2. The van der Waals surface area contributed by atoms with Gasteiger partial charge in [-0.3, -0.25) is 0 Å². The van der Waals surface area contributed by atoms with Gasteiger partial charge in [-0.25, -0.2) is 9.59 Å². The van der Waals surface area contributed by atoms with Gasteiger partial charge in [0.05, 0.1) is 5.69 Å². The summed E-state index contributed by atoms with van der Waals surface area (Å²) in [5.41, 5.74) is 0.889. The highest BCUT2D eigenvalue weighted by molar-refractivity contribution is 5.92. The molecule has 6 nitrogen and oxygen atoms in total. The predicted octanol–water partition coefficient (Wildman–Crippen LogP) is 3.05. The Hall–Kier alpha value is -1.98. The van der Waals surface area contributed by atoms with E-state index in [9.17, 15) is 9.59 Å². The third-order valence-corrected chi connectivity index (χ3v) is 6.27. The van der Waals surface area contributed by atoms with Crippen molar-refractivity contribution >= 4 is 17.7 Å².